The highest BCUT2D eigenvalue weighted by Crippen LogP contribution is 2.25. The van der Waals surface area contributed by atoms with E-state index in [2.05, 4.69) is 0 Å². The van der Waals surface area contributed by atoms with E-state index >= 15 is 0 Å². The average molecular weight is 219 g/mol. The number of benzene rings is 1. The Balaban J connectivity index is 2.75. The molecule has 0 atom stereocenters. The van der Waals surface area contributed by atoms with Gasteiger partial charge in [0.2, 0.25) is 0 Å². The van der Waals surface area contributed by atoms with Crippen LogP contribution in [0.3, 0.4) is 0 Å². The Hall–Kier alpha value is -0.240. The first kappa shape index (κ1) is 10.8. The molecule has 0 fully saturated rings. The van der Waals surface area contributed by atoms with Gasteiger partial charge in [-0.15, -0.1) is 0 Å². The van der Waals surface area contributed by atoms with Crippen LogP contribution >= 0.6 is 23.2 Å². The maximum absolute atomic E-state index is 5.95. The lowest BCUT2D eigenvalue weighted by atomic mass is 10.2. The van der Waals surface area contributed by atoms with Gasteiger partial charge >= 0.3 is 0 Å². The largest absolute Gasteiger partial charge is 0.374 e. The lowest BCUT2D eigenvalue weighted by molar-refractivity contribution is 0.0658. The summed E-state index contributed by atoms with van der Waals surface area (Å²) in [6.45, 7) is 4.42. The zero-order valence-corrected chi connectivity index (χ0v) is 9.19. The number of hydrogen-bond donors (Lipinski definition) is 0. The van der Waals surface area contributed by atoms with E-state index in [1.165, 1.54) is 0 Å². The molecule has 0 bridgehead atoms. The van der Waals surface area contributed by atoms with Crippen LogP contribution in [0, 0.1) is 0 Å². The van der Waals surface area contributed by atoms with Gasteiger partial charge in [-0.25, -0.2) is 0 Å². The van der Waals surface area contributed by atoms with Crippen molar-refractivity contribution in [2.75, 3.05) is 0 Å². The lowest BCUT2D eigenvalue weighted by Crippen LogP contribution is -2.03. The highest BCUT2D eigenvalue weighted by Gasteiger charge is 2.05. The minimum absolute atomic E-state index is 0.187. The SMILES string of the molecule is CC(C)OCc1c(Cl)cccc1Cl. The summed E-state index contributed by atoms with van der Waals surface area (Å²) in [5, 5.41) is 1.32. The summed E-state index contributed by atoms with van der Waals surface area (Å²) >= 11 is 11.9. The van der Waals surface area contributed by atoms with Crippen LogP contribution < -0.4 is 0 Å². The zero-order valence-electron chi connectivity index (χ0n) is 7.68. The molecule has 3 heteroatoms. The maximum atomic E-state index is 5.95. The van der Waals surface area contributed by atoms with Crippen molar-refractivity contribution in [1.82, 2.24) is 0 Å². The van der Waals surface area contributed by atoms with E-state index in [1.807, 2.05) is 32.0 Å². The lowest BCUT2D eigenvalue weighted by Gasteiger charge is -2.10. The summed E-state index contributed by atoms with van der Waals surface area (Å²) in [6, 6.07) is 5.45. The first-order valence-electron chi connectivity index (χ1n) is 4.15. The summed E-state index contributed by atoms with van der Waals surface area (Å²) in [5.74, 6) is 0. The van der Waals surface area contributed by atoms with Gasteiger partial charge in [-0.05, 0) is 26.0 Å². The molecule has 1 rings (SSSR count). The Morgan fingerprint density at radius 2 is 1.77 bits per heavy atom. The second kappa shape index (κ2) is 4.85. The van der Waals surface area contributed by atoms with E-state index < -0.39 is 0 Å². The molecule has 0 aliphatic rings. The molecule has 0 aromatic heterocycles. The van der Waals surface area contributed by atoms with E-state index in [-0.39, 0.29) is 6.10 Å². The van der Waals surface area contributed by atoms with Crippen molar-refractivity contribution >= 4 is 23.2 Å². The van der Waals surface area contributed by atoms with Crippen molar-refractivity contribution in [2.45, 2.75) is 26.6 Å². The van der Waals surface area contributed by atoms with E-state index in [0.717, 1.165) is 5.56 Å². The highest BCUT2D eigenvalue weighted by atomic mass is 35.5. The molecule has 13 heavy (non-hydrogen) atoms. The number of hydrogen-bond acceptors (Lipinski definition) is 1. The molecular weight excluding hydrogens is 207 g/mol. The predicted octanol–water partition coefficient (Wildman–Crippen LogP) is 3.92. The third-order valence-corrected chi connectivity index (χ3v) is 2.33. The molecule has 0 aliphatic heterocycles. The molecule has 72 valence electrons. The summed E-state index contributed by atoms with van der Waals surface area (Å²) in [6.07, 6.45) is 0.187. The second-order valence-corrected chi connectivity index (χ2v) is 3.87. The first-order chi connectivity index (χ1) is 6.11. The topological polar surface area (TPSA) is 9.23 Å². The predicted molar refractivity (Wildman–Crippen MR) is 56.4 cm³/mol. The van der Waals surface area contributed by atoms with Gasteiger partial charge in [-0.3, -0.25) is 0 Å². The Morgan fingerprint density at radius 1 is 1.23 bits per heavy atom. The molecule has 0 heterocycles. The van der Waals surface area contributed by atoms with Crippen LogP contribution in [0.2, 0.25) is 10.0 Å². The summed E-state index contributed by atoms with van der Waals surface area (Å²) in [7, 11) is 0. The Kier molecular flexibility index (Phi) is 4.04. The molecule has 0 saturated heterocycles. The van der Waals surface area contributed by atoms with E-state index in [1.54, 1.807) is 0 Å². The molecule has 0 amide bonds. The molecule has 1 aromatic carbocycles. The van der Waals surface area contributed by atoms with Crippen LogP contribution in [0.25, 0.3) is 0 Å². The molecule has 0 radical (unpaired) electrons. The number of halogens is 2. The molecule has 0 spiro atoms. The standard InChI is InChI=1S/C10H12Cl2O/c1-7(2)13-6-8-9(11)4-3-5-10(8)12/h3-5,7H,6H2,1-2H3. The van der Waals surface area contributed by atoms with Crippen molar-refractivity contribution in [1.29, 1.82) is 0 Å². The van der Waals surface area contributed by atoms with Gasteiger partial charge in [0.05, 0.1) is 12.7 Å². The Morgan fingerprint density at radius 3 is 2.23 bits per heavy atom. The van der Waals surface area contributed by atoms with E-state index in [4.69, 9.17) is 27.9 Å². The van der Waals surface area contributed by atoms with Crippen LogP contribution in [-0.2, 0) is 11.3 Å². The molecule has 1 nitrogen and oxygen atoms in total. The van der Waals surface area contributed by atoms with Gasteiger partial charge in [0, 0.05) is 15.6 Å². The summed E-state index contributed by atoms with van der Waals surface area (Å²) in [5.41, 5.74) is 0.861. The zero-order chi connectivity index (χ0) is 9.84. The van der Waals surface area contributed by atoms with Crippen LogP contribution in [0.4, 0.5) is 0 Å². The molecule has 1 aromatic rings. The van der Waals surface area contributed by atoms with Gasteiger partial charge in [0.15, 0.2) is 0 Å². The minimum Gasteiger partial charge on any atom is -0.374 e. The Labute approximate surface area is 88.6 Å². The van der Waals surface area contributed by atoms with Gasteiger partial charge in [-0.2, -0.15) is 0 Å². The fourth-order valence-electron chi connectivity index (χ4n) is 0.920. The summed E-state index contributed by atoms with van der Waals surface area (Å²) in [4.78, 5) is 0. The van der Waals surface area contributed by atoms with Crippen LogP contribution in [0.1, 0.15) is 19.4 Å². The van der Waals surface area contributed by atoms with Crippen LogP contribution in [0.5, 0.6) is 0 Å². The third kappa shape index (κ3) is 3.18. The monoisotopic (exact) mass is 218 g/mol. The van der Waals surface area contributed by atoms with Crippen molar-refractivity contribution in [3.8, 4) is 0 Å². The van der Waals surface area contributed by atoms with Gasteiger partial charge in [-0.1, -0.05) is 29.3 Å². The first-order valence-corrected chi connectivity index (χ1v) is 4.91. The van der Waals surface area contributed by atoms with E-state index in [9.17, 15) is 0 Å². The molecule has 0 N–H and O–H groups in total. The molecular formula is C10H12Cl2O. The van der Waals surface area contributed by atoms with Gasteiger partial charge in [0.25, 0.3) is 0 Å². The van der Waals surface area contributed by atoms with Crippen molar-refractivity contribution in [2.24, 2.45) is 0 Å². The van der Waals surface area contributed by atoms with Gasteiger partial charge in [0.1, 0.15) is 0 Å². The third-order valence-electron chi connectivity index (χ3n) is 1.62. The summed E-state index contributed by atoms with van der Waals surface area (Å²) < 4.78 is 5.42. The number of ether oxygens (including phenoxy) is 1. The van der Waals surface area contributed by atoms with Crippen molar-refractivity contribution in [3.63, 3.8) is 0 Å². The second-order valence-electron chi connectivity index (χ2n) is 3.06. The number of rotatable bonds is 3. The van der Waals surface area contributed by atoms with E-state index in [0.29, 0.717) is 16.7 Å². The normalized spacial score (nSPS) is 10.8. The highest BCUT2D eigenvalue weighted by molar-refractivity contribution is 6.35. The minimum atomic E-state index is 0.187. The molecule has 0 unspecified atom stereocenters. The fraction of sp³-hybridized carbons (Fsp3) is 0.400. The fourth-order valence-corrected chi connectivity index (χ4v) is 1.43. The smallest absolute Gasteiger partial charge is 0.0749 e. The Bertz CT molecular complexity index is 264. The van der Waals surface area contributed by atoms with Crippen LogP contribution in [-0.4, -0.2) is 6.10 Å². The maximum Gasteiger partial charge on any atom is 0.0749 e. The quantitative estimate of drug-likeness (QED) is 0.748. The van der Waals surface area contributed by atoms with Gasteiger partial charge < -0.3 is 4.74 Å². The molecule has 0 aliphatic carbocycles. The van der Waals surface area contributed by atoms with Crippen molar-refractivity contribution in [3.05, 3.63) is 33.8 Å². The van der Waals surface area contributed by atoms with Crippen molar-refractivity contribution < 1.29 is 4.74 Å². The molecule has 0 saturated carbocycles. The average Bonchev–Trinajstić information content (AvgIpc) is 2.03. The van der Waals surface area contributed by atoms with Crippen LogP contribution in [0.15, 0.2) is 18.2 Å².